The molecular formula is C12H21NOSi. The summed E-state index contributed by atoms with van der Waals surface area (Å²) in [6.45, 7) is 6.44. The van der Waals surface area contributed by atoms with Gasteiger partial charge < -0.3 is 5.32 Å². The lowest BCUT2D eigenvalue weighted by atomic mass is 9.95. The van der Waals surface area contributed by atoms with Gasteiger partial charge in [-0.15, -0.1) is 5.54 Å². The molecule has 0 aliphatic heterocycles. The van der Waals surface area contributed by atoms with E-state index in [9.17, 15) is 4.79 Å². The first-order valence-corrected chi connectivity index (χ1v) is 9.31. The maximum atomic E-state index is 11.5. The van der Waals surface area contributed by atoms with Crippen molar-refractivity contribution in [3.05, 3.63) is 0 Å². The Morgan fingerprint density at radius 1 is 1.20 bits per heavy atom. The van der Waals surface area contributed by atoms with Gasteiger partial charge in [0.1, 0.15) is 8.07 Å². The molecule has 0 aromatic heterocycles. The van der Waals surface area contributed by atoms with E-state index in [2.05, 4.69) is 36.4 Å². The number of carbonyl (C=O) groups is 1. The molecule has 0 bridgehead atoms. The van der Waals surface area contributed by atoms with Crippen molar-refractivity contribution in [2.24, 2.45) is 0 Å². The van der Waals surface area contributed by atoms with Gasteiger partial charge in [0.05, 0.1) is 0 Å². The Balaban J connectivity index is 2.37. The molecule has 3 heteroatoms. The van der Waals surface area contributed by atoms with Crippen molar-refractivity contribution in [2.75, 3.05) is 0 Å². The summed E-state index contributed by atoms with van der Waals surface area (Å²) < 4.78 is 0. The molecule has 0 aromatic rings. The Labute approximate surface area is 93.8 Å². The highest BCUT2D eigenvalue weighted by Gasteiger charge is 2.15. The molecule has 0 radical (unpaired) electrons. The number of amides is 1. The topological polar surface area (TPSA) is 29.1 Å². The van der Waals surface area contributed by atoms with Gasteiger partial charge in [0.2, 0.25) is 0 Å². The minimum absolute atomic E-state index is 0.0793. The van der Waals surface area contributed by atoms with Gasteiger partial charge >= 0.3 is 0 Å². The summed E-state index contributed by atoms with van der Waals surface area (Å²) in [7, 11) is -1.41. The van der Waals surface area contributed by atoms with Crippen LogP contribution in [0, 0.1) is 11.5 Å². The minimum Gasteiger partial charge on any atom is -0.343 e. The number of hydrogen-bond acceptors (Lipinski definition) is 1. The molecule has 1 N–H and O–H groups in total. The van der Waals surface area contributed by atoms with Gasteiger partial charge in [0, 0.05) is 6.04 Å². The molecule has 1 aliphatic carbocycles. The zero-order valence-electron chi connectivity index (χ0n) is 10.0. The summed E-state index contributed by atoms with van der Waals surface area (Å²) in [6.07, 6.45) is 6.05. The van der Waals surface area contributed by atoms with Gasteiger partial charge in [0.15, 0.2) is 0 Å². The van der Waals surface area contributed by atoms with Gasteiger partial charge in [-0.05, 0) is 18.8 Å². The third-order valence-corrected chi connectivity index (χ3v) is 3.37. The first kappa shape index (κ1) is 12.3. The third-order valence-electron chi connectivity index (χ3n) is 2.49. The number of nitrogens with one attached hydrogen (secondary N) is 1. The molecule has 1 fully saturated rings. The lowest BCUT2D eigenvalue weighted by Crippen LogP contribution is -2.35. The zero-order valence-corrected chi connectivity index (χ0v) is 11.0. The quantitative estimate of drug-likeness (QED) is 0.536. The normalized spacial score (nSPS) is 17.8. The number of hydrogen-bond donors (Lipinski definition) is 1. The van der Waals surface area contributed by atoms with Crippen molar-refractivity contribution in [3.8, 4) is 11.5 Å². The molecular weight excluding hydrogens is 202 g/mol. The molecule has 1 amide bonds. The van der Waals surface area contributed by atoms with Crippen LogP contribution >= 0.6 is 0 Å². The summed E-state index contributed by atoms with van der Waals surface area (Å²) in [5.41, 5.74) is 3.09. The Hall–Kier alpha value is -0.753. The van der Waals surface area contributed by atoms with E-state index < -0.39 is 8.07 Å². The van der Waals surface area contributed by atoms with Gasteiger partial charge in [-0.1, -0.05) is 38.9 Å². The van der Waals surface area contributed by atoms with E-state index in [0.717, 1.165) is 12.8 Å². The summed E-state index contributed by atoms with van der Waals surface area (Å²) in [5.74, 6) is 2.65. The van der Waals surface area contributed by atoms with Crippen molar-refractivity contribution < 1.29 is 4.79 Å². The smallest absolute Gasteiger partial charge is 0.295 e. The van der Waals surface area contributed by atoms with E-state index in [1.807, 2.05) is 0 Å². The summed E-state index contributed by atoms with van der Waals surface area (Å²) >= 11 is 0. The molecule has 15 heavy (non-hydrogen) atoms. The highest BCUT2D eigenvalue weighted by Crippen LogP contribution is 2.17. The second-order valence-corrected chi connectivity index (χ2v) is 10.1. The molecule has 2 nitrogen and oxygen atoms in total. The van der Waals surface area contributed by atoms with Crippen molar-refractivity contribution in [2.45, 2.75) is 57.8 Å². The second-order valence-electron chi connectivity index (χ2n) is 5.31. The molecule has 0 unspecified atom stereocenters. The van der Waals surface area contributed by atoms with Crippen LogP contribution in [0.2, 0.25) is 19.6 Å². The van der Waals surface area contributed by atoms with Crippen LogP contribution in [0.25, 0.3) is 0 Å². The average Bonchev–Trinajstić information content (AvgIpc) is 2.15. The van der Waals surface area contributed by atoms with Gasteiger partial charge in [-0.25, -0.2) is 0 Å². The predicted molar refractivity (Wildman–Crippen MR) is 66.1 cm³/mol. The first-order valence-electron chi connectivity index (χ1n) is 5.81. The van der Waals surface area contributed by atoms with Crippen molar-refractivity contribution in [3.63, 3.8) is 0 Å². The highest BCUT2D eigenvalue weighted by atomic mass is 28.3. The molecule has 0 heterocycles. The van der Waals surface area contributed by atoms with E-state index in [4.69, 9.17) is 0 Å². The zero-order chi connectivity index (χ0) is 11.3. The maximum Gasteiger partial charge on any atom is 0.295 e. The monoisotopic (exact) mass is 223 g/mol. The van der Waals surface area contributed by atoms with E-state index in [1.165, 1.54) is 19.3 Å². The standard InChI is InChI=1S/C12H21NOSi/c1-15(2,3)10-9-12(14)13-11-7-5-4-6-8-11/h11H,4-8H2,1-3H3,(H,13,14). The van der Waals surface area contributed by atoms with E-state index in [1.54, 1.807) is 0 Å². The van der Waals surface area contributed by atoms with Gasteiger partial charge in [-0.2, -0.15) is 0 Å². The van der Waals surface area contributed by atoms with E-state index >= 15 is 0 Å². The fourth-order valence-electron chi connectivity index (χ4n) is 1.71. The summed E-state index contributed by atoms with van der Waals surface area (Å²) in [6, 6.07) is 0.377. The maximum absolute atomic E-state index is 11.5. The van der Waals surface area contributed by atoms with Crippen LogP contribution in [0.3, 0.4) is 0 Å². The van der Waals surface area contributed by atoms with Crippen LogP contribution in [0.4, 0.5) is 0 Å². The summed E-state index contributed by atoms with van der Waals surface area (Å²) in [5, 5.41) is 3.00. The van der Waals surface area contributed by atoms with Gasteiger partial charge in [0.25, 0.3) is 5.91 Å². The fraction of sp³-hybridized carbons (Fsp3) is 0.750. The Morgan fingerprint density at radius 2 is 1.80 bits per heavy atom. The van der Waals surface area contributed by atoms with Crippen LogP contribution < -0.4 is 5.32 Å². The predicted octanol–water partition coefficient (Wildman–Crippen LogP) is 2.32. The molecule has 0 spiro atoms. The van der Waals surface area contributed by atoms with Crippen LogP contribution in [0.5, 0.6) is 0 Å². The van der Waals surface area contributed by atoms with Crippen LogP contribution in [-0.4, -0.2) is 20.0 Å². The molecule has 0 saturated heterocycles. The Morgan fingerprint density at radius 3 is 2.33 bits per heavy atom. The van der Waals surface area contributed by atoms with Crippen LogP contribution in [-0.2, 0) is 4.79 Å². The van der Waals surface area contributed by atoms with Crippen molar-refractivity contribution in [1.82, 2.24) is 5.32 Å². The SMILES string of the molecule is C[Si](C)(C)C#CC(=O)NC1CCCCC1. The van der Waals surface area contributed by atoms with Crippen LogP contribution in [0.1, 0.15) is 32.1 Å². The molecule has 84 valence electrons. The highest BCUT2D eigenvalue weighted by molar-refractivity contribution is 6.84. The lowest BCUT2D eigenvalue weighted by Gasteiger charge is -2.21. The molecule has 1 rings (SSSR count). The average molecular weight is 223 g/mol. The van der Waals surface area contributed by atoms with Gasteiger partial charge in [-0.3, -0.25) is 4.79 Å². The molecule has 0 atom stereocenters. The number of rotatable bonds is 1. The Kier molecular flexibility index (Phi) is 4.40. The van der Waals surface area contributed by atoms with Crippen molar-refractivity contribution >= 4 is 14.0 Å². The van der Waals surface area contributed by atoms with Crippen LogP contribution in [0.15, 0.2) is 0 Å². The second kappa shape index (κ2) is 5.36. The molecule has 0 aromatic carbocycles. The van der Waals surface area contributed by atoms with Crippen molar-refractivity contribution in [1.29, 1.82) is 0 Å². The number of carbonyl (C=O) groups excluding carboxylic acids is 1. The Bertz CT molecular complexity index is 276. The molecule has 1 saturated carbocycles. The van der Waals surface area contributed by atoms with E-state index in [0.29, 0.717) is 6.04 Å². The first-order chi connectivity index (χ1) is 6.97. The third kappa shape index (κ3) is 5.63. The summed E-state index contributed by atoms with van der Waals surface area (Å²) in [4.78, 5) is 11.5. The lowest BCUT2D eigenvalue weighted by molar-refractivity contribution is -0.116. The minimum atomic E-state index is -1.41. The largest absolute Gasteiger partial charge is 0.343 e. The fourth-order valence-corrected chi connectivity index (χ4v) is 2.20. The molecule has 1 aliphatic rings. The van der Waals surface area contributed by atoms with E-state index in [-0.39, 0.29) is 5.91 Å².